The van der Waals surface area contributed by atoms with Crippen molar-refractivity contribution < 1.29 is 23.9 Å². The lowest BCUT2D eigenvalue weighted by atomic mass is 10.2. The highest BCUT2D eigenvalue weighted by atomic mass is 16.5. The predicted molar refractivity (Wildman–Crippen MR) is 93.3 cm³/mol. The molecule has 0 saturated carbocycles. The van der Waals surface area contributed by atoms with Crippen LogP contribution >= 0.6 is 0 Å². The first kappa shape index (κ1) is 18.0. The minimum atomic E-state index is -0.391. The van der Waals surface area contributed by atoms with Crippen LogP contribution in [0.5, 0.6) is 11.5 Å². The zero-order valence-electron chi connectivity index (χ0n) is 13.9. The van der Waals surface area contributed by atoms with E-state index in [1.807, 2.05) is 0 Å². The van der Waals surface area contributed by atoms with Gasteiger partial charge in [-0.05, 0) is 42.5 Å². The highest BCUT2D eigenvalue weighted by molar-refractivity contribution is 5.95. The molecule has 0 fully saturated rings. The summed E-state index contributed by atoms with van der Waals surface area (Å²) in [4.78, 5) is 33.8. The van der Waals surface area contributed by atoms with Crippen LogP contribution in [0.3, 0.4) is 0 Å². The van der Waals surface area contributed by atoms with E-state index in [1.54, 1.807) is 42.5 Å². The molecule has 0 radical (unpaired) electrons. The van der Waals surface area contributed by atoms with E-state index in [2.05, 4.69) is 10.6 Å². The van der Waals surface area contributed by atoms with E-state index in [1.165, 1.54) is 14.0 Å². The number of hydrogen-bond acceptors (Lipinski definition) is 5. The van der Waals surface area contributed by atoms with Gasteiger partial charge in [0.25, 0.3) is 5.91 Å². The van der Waals surface area contributed by atoms with Gasteiger partial charge in [0.05, 0.1) is 12.8 Å². The summed E-state index contributed by atoms with van der Waals surface area (Å²) >= 11 is 0. The van der Waals surface area contributed by atoms with Gasteiger partial charge in [-0.1, -0.05) is 0 Å². The molecule has 2 aromatic carbocycles. The first-order valence-electron chi connectivity index (χ1n) is 7.45. The van der Waals surface area contributed by atoms with Crippen molar-refractivity contribution >= 4 is 29.5 Å². The third-order valence-corrected chi connectivity index (χ3v) is 3.18. The summed E-state index contributed by atoms with van der Waals surface area (Å²) in [5, 5.41) is 5.30. The van der Waals surface area contributed by atoms with Gasteiger partial charge in [-0.2, -0.15) is 0 Å². The Morgan fingerprint density at radius 1 is 1.08 bits per heavy atom. The van der Waals surface area contributed by atoms with Crippen LogP contribution in [0, 0.1) is 0 Å². The number of ether oxygens (including phenoxy) is 2. The molecule has 0 aliphatic carbocycles. The molecule has 0 bridgehead atoms. The Morgan fingerprint density at radius 2 is 1.80 bits per heavy atom. The van der Waals surface area contributed by atoms with Crippen molar-refractivity contribution in [1.29, 1.82) is 0 Å². The quantitative estimate of drug-likeness (QED) is 0.754. The normalized spacial score (nSPS) is 9.84. The number of anilines is 2. The summed E-state index contributed by atoms with van der Waals surface area (Å²) in [6.45, 7) is 1.18. The molecular formula is C18H18N2O5. The average molecular weight is 342 g/mol. The second-order valence-corrected chi connectivity index (χ2v) is 5.12. The van der Waals surface area contributed by atoms with Crippen LogP contribution in [0.4, 0.5) is 11.4 Å². The Hall–Kier alpha value is -3.35. The standard InChI is InChI=1S/C18H18N2O5/c1-12(22)19-14-5-8-17(24-2)16(9-14)20-18(23)11-25-15-6-3-13(10-21)4-7-15/h3-10H,11H2,1-2H3,(H,19,22)(H,20,23). The number of rotatable bonds is 7. The zero-order valence-corrected chi connectivity index (χ0v) is 13.9. The van der Waals surface area contributed by atoms with E-state index in [0.29, 0.717) is 28.4 Å². The van der Waals surface area contributed by atoms with Gasteiger partial charge in [0.2, 0.25) is 5.91 Å². The van der Waals surface area contributed by atoms with Crippen LogP contribution in [0.25, 0.3) is 0 Å². The smallest absolute Gasteiger partial charge is 0.262 e. The Bertz CT molecular complexity index is 772. The van der Waals surface area contributed by atoms with Gasteiger partial charge in [0.15, 0.2) is 6.61 Å². The maximum Gasteiger partial charge on any atom is 0.262 e. The molecular weight excluding hydrogens is 324 g/mol. The second kappa shape index (κ2) is 8.49. The number of benzene rings is 2. The first-order valence-corrected chi connectivity index (χ1v) is 7.45. The van der Waals surface area contributed by atoms with E-state index in [0.717, 1.165) is 6.29 Å². The SMILES string of the molecule is COc1ccc(NC(C)=O)cc1NC(=O)COc1ccc(C=O)cc1. The Kier molecular flexibility index (Phi) is 6.11. The van der Waals surface area contributed by atoms with Gasteiger partial charge in [0.1, 0.15) is 17.8 Å². The average Bonchev–Trinajstić information content (AvgIpc) is 2.60. The molecule has 2 amide bonds. The van der Waals surface area contributed by atoms with Crippen LogP contribution in [0.2, 0.25) is 0 Å². The predicted octanol–water partition coefficient (Wildman–Crippen LogP) is 2.48. The van der Waals surface area contributed by atoms with E-state index in [9.17, 15) is 14.4 Å². The molecule has 2 N–H and O–H groups in total. The summed E-state index contributed by atoms with van der Waals surface area (Å²) < 4.78 is 10.6. The van der Waals surface area contributed by atoms with Crippen molar-refractivity contribution in [1.82, 2.24) is 0 Å². The Balaban J connectivity index is 2.00. The molecule has 7 heteroatoms. The monoisotopic (exact) mass is 342 g/mol. The molecule has 2 aromatic rings. The van der Waals surface area contributed by atoms with Gasteiger partial charge in [-0.3, -0.25) is 14.4 Å². The van der Waals surface area contributed by atoms with E-state index >= 15 is 0 Å². The van der Waals surface area contributed by atoms with Crippen molar-refractivity contribution in [2.45, 2.75) is 6.92 Å². The van der Waals surface area contributed by atoms with Crippen LogP contribution in [-0.2, 0) is 9.59 Å². The number of hydrogen-bond donors (Lipinski definition) is 2. The summed E-state index contributed by atoms with van der Waals surface area (Å²) in [7, 11) is 1.48. The fourth-order valence-electron chi connectivity index (χ4n) is 2.06. The van der Waals surface area contributed by atoms with E-state index < -0.39 is 5.91 Å². The maximum atomic E-state index is 12.1. The van der Waals surface area contributed by atoms with Crippen molar-refractivity contribution in [2.24, 2.45) is 0 Å². The van der Waals surface area contributed by atoms with Crippen molar-refractivity contribution in [3.8, 4) is 11.5 Å². The minimum Gasteiger partial charge on any atom is -0.495 e. The largest absolute Gasteiger partial charge is 0.495 e. The summed E-state index contributed by atoms with van der Waals surface area (Å²) in [6.07, 6.45) is 0.727. The van der Waals surface area contributed by atoms with Gasteiger partial charge in [-0.15, -0.1) is 0 Å². The van der Waals surface area contributed by atoms with Crippen molar-refractivity contribution in [3.05, 3.63) is 48.0 Å². The van der Waals surface area contributed by atoms with Gasteiger partial charge in [-0.25, -0.2) is 0 Å². The van der Waals surface area contributed by atoms with Crippen LogP contribution in [-0.4, -0.2) is 31.8 Å². The molecule has 130 valence electrons. The second-order valence-electron chi connectivity index (χ2n) is 5.12. The number of amides is 2. The Labute approximate surface area is 144 Å². The van der Waals surface area contributed by atoms with Crippen molar-refractivity contribution in [2.75, 3.05) is 24.4 Å². The number of carbonyl (C=O) groups is 3. The molecule has 2 rings (SSSR count). The lowest BCUT2D eigenvalue weighted by Gasteiger charge is -2.13. The molecule has 0 saturated heterocycles. The summed E-state index contributed by atoms with van der Waals surface area (Å²) in [5.41, 5.74) is 1.48. The van der Waals surface area contributed by atoms with Gasteiger partial charge in [0, 0.05) is 18.2 Å². The van der Waals surface area contributed by atoms with Crippen molar-refractivity contribution in [3.63, 3.8) is 0 Å². The zero-order chi connectivity index (χ0) is 18.2. The minimum absolute atomic E-state index is 0.214. The highest BCUT2D eigenvalue weighted by Gasteiger charge is 2.10. The fraction of sp³-hybridized carbons (Fsp3) is 0.167. The Morgan fingerprint density at radius 3 is 2.40 bits per heavy atom. The van der Waals surface area contributed by atoms with Crippen LogP contribution in [0.15, 0.2) is 42.5 Å². The van der Waals surface area contributed by atoms with E-state index in [-0.39, 0.29) is 12.5 Å². The molecule has 0 heterocycles. The molecule has 0 aliphatic rings. The molecule has 0 atom stereocenters. The number of aldehydes is 1. The number of methoxy groups -OCH3 is 1. The molecule has 0 unspecified atom stereocenters. The number of nitrogens with one attached hydrogen (secondary N) is 2. The van der Waals surface area contributed by atoms with E-state index in [4.69, 9.17) is 9.47 Å². The first-order chi connectivity index (χ1) is 12.0. The third-order valence-electron chi connectivity index (χ3n) is 3.18. The summed E-state index contributed by atoms with van der Waals surface area (Å²) in [5.74, 6) is 0.319. The van der Waals surface area contributed by atoms with Gasteiger partial charge >= 0.3 is 0 Å². The van der Waals surface area contributed by atoms with Crippen LogP contribution < -0.4 is 20.1 Å². The fourth-order valence-corrected chi connectivity index (χ4v) is 2.06. The lowest BCUT2D eigenvalue weighted by Crippen LogP contribution is -2.20. The topological polar surface area (TPSA) is 93.7 Å². The van der Waals surface area contributed by atoms with Gasteiger partial charge < -0.3 is 20.1 Å². The number of carbonyl (C=O) groups excluding carboxylic acids is 3. The molecule has 7 nitrogen and oxygen atoms in total. The molecule has 0 aromatic heterocycles. The maximum absolute atomic E-state index is 12.1. The third kappa shape index (κ3) is 5.35. The lowest BCUT2D eigenvalue weighted by molar-refractivity contribution is -0.118. The summed E-state index contributed by atoms with van der Waals surface area (Å²) in [6, 6.07) is 11.3. The molecule has 25 heavy (non-hydrogen) atoms. The van der Waals surface area contributed by atoms with Crippen LogP contribution in [0.1, 0.15) is 17.3 Å². The molecule has 0 spiro atoms. The highest BCUT2D eigenvalue weighted by Crippen LogP contribution is 2.27. The molecule has 0 aliphatic heterocycles.